The van der Waals surface area contributed by atoms with Crippen molar-refractivity contribution >= 4 is 17.7 Å². The van der Waals surface area contributed by atoms with Crippen LogP contribution >= 0.6 is 11.8 Å². The fraction of sp³-hybridized carbons (Fsp3) is 0.158. The SMILES string of the molecule is O=C(Cc1cc(=O)[nH]c(SCc2ccc(F)cc2)n1)NCc1ccccn1. The summed E-state index contributed by atoms with van der Waals surface area (Å²) in [4.78, 5) is 35.0. The summed E-state index contributed by atoms with van der Waals surface area (Å²) < 4.78 is 12.9. The Labute approximate surface area is 159 Å². The number of carbonyl (C=O) groups excluding carboxylic acids is 1. The van der Waals surface area contributed by atoms with E-state index in [1.807, 2.05) is 12.1 Å². The molecule has 3 rings (SSSR count). The molecule has 0 bridgehead atoms. The first kappa shape index (κ1) is 18.8. The molecule has 0 unspecified atom stereocenters. The minimum atomic E-state index is -0.320. The molecule has 0 radical (unpaired) electrons. The number of benzene rings is 1. The Kier molecular flexibility index (Phi) is 6.32. The second kappa shape index (κ2) is 9.09. The van der Waals surface area contributed by atoms with Crippen molar-refractivity contribution < 1.29 is 9.18 Å². The molecule has 8 heteroatoms. The van der Waals surface area contributed by atoms with Crippen LogP contribution in [0.1, 0.15) is 17.0 Å². The van der Waals surface area contributed by atoms with Crippen molar-refractivity contribution in [1.82, 2.24) is 20.3 Å². The predicted octanol–water partition coefficient (Wildman–Crippen LogP) is 2.46. The van der Waals surface area contributed by atoms with Crippen molar-refractivity contribution in [3.05, 3.63) is 87.9 Å². The predicted molar refractivity (Wildman–Crippen MR) is 101 cm³/mol. The lowest BCUT2D eigenvalue weighted by atomic mass is 10.2. The van der Waals surface area contributed by atoms with Gasteiger partial charge in [-0.3, -0.25) is 14.6 Å². The van der Waals surface area contributed by atoms with E-state index in [-0.39, 0.29) is 23.7 Å². The molecule has 2 heterocycles. The molecule has 0 saturated carbocycles. The number of carbonyl (C=O) groups is 1. The molecule has 0 atom stereocenters. The molecule has 2 aromatic heterocycles. The number of nitrogens with one attached hydrogen (secondary N) is 2. The van der Waals surface area contributed by atoms with Crippen molar-refractivity contribution in [2.75, 3.05) is 0 Å². The van der Waals surface area contributed by atoms with E-state index in [4.69, 9.17) is 0 Å². The maximum Gasteiger partial charge on any atom is 0.251 e. The number of pyridine rings is 1. The Hall–Kier alpha value is -3.00. The highest BCUT2D eigenvalue weighted by Gasteiger charge is 2.08. The van der Waals surface area contributed by atoms with E-state index in [2.05, 4.69) is 20.3 Å². The van der Waals surface area contributed by atoms with Gasteiger partial charge in [0.15, 0.2) is 5.16 Å². The third-order valence-corrected chi connectivity index (χ3v) is 4.54. The Morgan fingerprint density at radius 2 is 1.96 bits per heavy atom. The summed E-state index contributed by atoms with van der Waals surface area (Å²) in [7, 11) is 0. The van der Waals surface area contributed by atoms with E-state index >= 15 is 0 Å². The van der Waals surface area contributed by atoms with Gasteiger partial charge in [0.2, 0.25) is 5.91 Å². The number of hydrogen-bond donors (Lipinski definition) is 2. The third-order valence-electron chi connectivity index (χ3n) is 3.60. The van der Waals surface area contributed by atoms with Gasteiger partial charge in [-0.15, -0.1) is 0 Å². The number of rotatable bonds is 7. The van der Waals surface area contributed by atoms with Gasteiger partial charge in [-0.2, -0.15) is 0 Å². The largest absolute Gasteiger partial charge is 0.350 e. The lowest BCUT2D eigenvalue weighted by molar-refractivity contribution is -0.120. The van der Waals surface area contributed by atoms with Gasteiger partial charge in [-0.1, -0.05) is 30.0 Å². The fourth-order valence-corrected chi connectivity index (χ4v) is 3.14. The Balaban J connectivity index is 1.58. The Morgan fingerprint density at radius 1 is 1.15 bits per heavy atom. The summed E-state index contributed by atoms with van der Waals surface area (Å²) in [6.45, 7) is 0.315. The number of H-pyrrole nitrogens is 1. The zero-order valence-corrected chi connectivity index (χ0v) is 15.1. The molecule has 138 valence electrons. The molecule has 0 saturated heterocycles. The van der Waals surface area contributed by atoms with Gasteiger partial charge in [-0.25, -0.2) is 9.37 Å². The van der Waals surface area contributed by atoms with Crippen LogP contribution in [0.15, 0.2) is 64.7 Å². The average Bonchev–Trinajstić information content (AvgIpc) is 2.66. The minimum Gasteiger partial charge on any atom is -0.350 e. The summed E-state index contributed by atoms with van der Waals surface area (Å²) in [5.74, 6) is -0.0133. The maximum absolute atomic E-state index is 12.9. The van der Waals surface area contributed by atoms with Crippen molar-refractivity contribution in [1.29, 1.82) is 0 Å². The second-order valence-electron chi connectivity index (χ2n) is 5.73. The molecule has 6 nitrogen and oxygen atoms in total. The first-order valence-corrected chi connectivity index (χ1v) is 9.21. The van der Waals surface area contributed by atoms with Crippen LogP contribution in [0.5, 0.6) is 0 Å². The van der Waals surface area contributed by atoms with Crippen LogP contribution in [-0.2, 0) is 23.5 Å². The highest BCUT2D eigenvalue weighted by Crippen LogP contribution is 2.18. The topological polar surface area (TPSA) is 87.7 Å². The van der Waals surface area contributed by atoms with Crippen LogP contribution in [0.4, 0.5) is 4.39 Å². The normalized spacial score (nSPS) is 10.6. The quantitative estimate of drug-likeness (QED) is 0.483. The molecular formula is C19H17FN4O2S. The van der Waals surface area contributed by atoms with Crippen LogP contribution < -0.4 is 10.9 Å². The van der Waals surface area contributed by atoms with Gasteiger partial charge in [0.25, 0.3) is 5.56 Å². The standard InChI is InChI=1S/C19H17FN4O2S/c20-14-6-4-13(5-7-14)12-27-19-23-16(10-18(26)24-19)9-17(25)22-11-15-3-1-2-8-21-15/h1-8,10H,9,11-12H2,(H,22,25)(H,23,24,26). The van der Waals surface area contributed by atoms with E-state index in [9.17, 15) is 14.0 Å². The summed E-state index contributed by atoms with van der Waals surface area (Å²) in [5, 5.41) is 3.17. The molecule has 3 aromatic rings. The van der Waals surface area contributed by atoms with Crippen LogP contribution in [0.25, 0.3) is 0 Å². The average molecular weight is 384 g/mol. The lowest BCUT2D eigenvalue weighted by Gasteiger charge is -2.06. The van der Waals surface area contributed by atoms with Gasteiger partial charge >= 0.3 is 0 Å². The lowest BCUT2D eigenvalue weighted by Crippen LogP contribution is -2.26. The molecule has 27 heavy (non-hydrogen) atoms. The van der Waals surface area contributed by atoms with Crippen LogP contribution in [-0.4, -0.2) is 20.9 Å². The molecule has 0 fully saturated rings. The van der Waals surface area contributed by atoms with Gasteiger partial charge in [-0.05, 0) is 29.8 Å². The van der Waals surface area contributed by atoms with Crippen molar-refractivity contribution in [2.45, 2.75) is 23.9 Å². The molecule has 1 aromatic carbocycles. The third kappa shape index (κ3) is 6.03. The smallest absolute Gasteiger partial charge is 0.251 e. The zero-order chi connectivity index (χ0) is 19.1. The second-order valence-corrected chi connectivity index (χ2v) is 6.70. The molecule has 0 aliphatic heterocycles. The highest BCUT2D eigenvalue weighted by molar-refractivity contribution is 7.98. The van der Waals surface area contributed by atoms with E-state index < -0.39 is 0 Å². The number of aromatic amines is 1. The van der Waals surface area contributed by atoms with Crippen molar-refractivity contribution in [3.63, 3.8) is 0 Å². The number of nitrogens with zero attached hydrogens (tertiary/aromatic N) is 2. The molecule has 1 amide bonds. The molecule has 0 spiro atoms. The molecule has 0 aliphatic carbocycles. The summed E-state index contributed by atoms with van der Waals surface area (Å²) >= 11 is 1.31. The molecular weight excluding hydrogens is 367 g/mol. The van der Waals surface area contributed by atoms with E-state index in [1.54, 1.807) is 24.4 Å². The minimum absolute atomic E-state index is 0.000855. The first-order valence-electron chi connectivity index (χ1n) is 8.22. The van der Waals surface area contributed by atoms with Gasteiger partial charge in [0.1, 0.15) is 5.82 Å². The molecule has 0 aliphatic rings. The van der Waals surface area contributed by atoms with E-state index in [0.29, 0.717) is 23.1 Å². The highest BCUT2D eigenvalue weighted by atomic mass is 32.2. The van der Waals surface area contributed by atoms with Gasteiger partial charge in [0, 0.05) is 18.0 Å². The summed E-state index contributed by atoms with van der Waals surface area (Å²) in [5.41, 5.74) is 1.72. The van der Waals surface area contributed by atoms with Crippen molar-refractivity contribution in [3.8, 4) is 0 Å². The van der Waals surface area contributed by atoms with Crippen LogP contribution in [0.3, 0.4) is 0 Å². The number of amides is 1. The summed E-state index contributed by atoms with van der Waals surface area (Å²) in [6, 6.07) is 12.9. The molecule has 2 N–H and O–H groups in total. The van der Waals surface area contributed by atoms with Crippen LogP contribution in [0, 0.1) is 5.82 Å². The van der Waals surface area contributed by atoms with Crippen molar-refractivity contribution in [2.24, 2.45) is 0 Å². The van der Waals surface area contributed by atoms with E-state index in [0.717, 1.165) is 11.3 Å². The van der Waals surface area contributed by atoms with E-state index in [1.165, 1.54) is 30.0 Å². The first-order chi connectivity index (χ1) is 13.1. The summed E-state index contributed by atoms with van der Waals surface area (Å²) in [6.07, 6.45) is 1.66. The Morgan fingerprint density at radius 3 is 2.70 bits per heavy atom. The number of aromatic nitrogens is 3. The Bertz CT molecular complexity index is 961. The van der Waals surface area contributed by atoms with Gasteiger partial charge in [0.05, 0.1) is 24.4 Å². The van der Waals surface area contributed by atoms with Crippen LogP contribution in [0.2, 0.25) is 0 Å². The number of hydrogen-bond acceptors (Lipinski definition) is 5. The number of halogens is 1. The number of thioether (sulfide) groups is 1. The monoisotopic (exact) mass is 384 g/mol. The fourth-order valence-electron chi connectivity index (χ4n) is 2.29. The zero-order valence-electron chi connectivity index (χ0n) is 14.3. The van der Waals surface area contributed by atoms with Gasteiger partial charge < -0.3 is 10.3 Å². The maximum atomic E-state index is 12.9.